The van der Waals surface area contributed by atoms with E-state index < -0.39 is 0 Å². The quantitative estimate of drug-likeness (QED) is 0.266. The predicted octanol–water partition coefficient (Wildman–Crippen LogP) is 3.73. The Balaban J connectivity index is 1.73. The summed E-state index contributed by atoms with van der Waals surface area (Å²) in [6.45, 7) is 4.05. The number of carbonyl (C=O) groups is 1. The first-order valence-electron chi connectivity index (χ1n) is 9.36. The van der Waals surface area contributed by atoms with Gasteiger partial charge in [0.1, 0.15) is 5.82 Å². The fraction of sp³-hybridized carbons (Fsp3) is 0.368. The number of methoxy groups -OCH3 is 1. The van der Waals surface area contributed by atoms with Crippen molar-refractivity contribution >= 4 is 57.7 Å². The number of halogens is 2. The van der Waals surface area contributed by atoms with Crippen molar-refractivity contribution in [3.63, 3.8) is 0 Å². The summed E-state index contributed by atoms with van der Waals surface area (Å²) in [5.41, 5.74) is 1.08. The minimum absolute atomic E-state index is 0.271. The number of ether oxygens (including phenoxy) is 1. The number of thioether (sulfide) groups is 1. The van der Waals surface area contributed by atoms with Crippen molar-refractivity contribution in [3.8, 4) is 0 Å². The molecule has 1 amide bonds. The van der Waals surface area contributed by atoms with Crippen molar-refractivity contribution in [1.82, 2.24) is 25.1 Å². The first-order chi connectivity index (χ1) is 14.5. The van der Waals surface area contributed by atoms with Gasteiger partial charge in [0.25, 0.3) is 5.91 Å². The van der Waals surface area contributed by atoms with Crippen LogP contribution in [0.5, 0.6) is 0 Å². The molecule has 30 heavy (non-hydrogen) atoms. The topological polar surface area (TPSA) is 94.0 Å². The van der Waals surface area contributed by atoms with Crippen LogP contribution in [0.1, 0.15) is 17.3 Å². The summed E-state index contributed by atoms with van der Waals surface area (Å²) in [5.74, 6) is 1.30. The van der Waals surface area contributed by atoms with Crippen LogP contribution < -0.4 is 10.6 Å². The van der Waals surface area contributed by atoms with Crippen molar-refractivity contribution in [3.05, 3.63) is 40.0 Å². The van der Waals surface area contributed by atoms with E-state index in [2.05, 4.69) is 25.7 Å². The number of amides is 1. The van der Waals surface area contributed by atoms with E-state index in [9.17, 15) is 4.79 Å². The first-order valence-corrected chi connectivity index (χ1v) is 11.1. The molecule has 2 aromatic heterocycles. The molecule has 0 aliphatic rings. The molecule has 8 nitrogen and oxygen atoms in total. The lowest BCUT2D eigenvalue weighted by Gasteiger charge is -2.10. The lowest BCUT2D eigenvalue weighted by molar-refractivity contribution is 0.0952. The number of hydrogen-bond donors (Lipinski definition) is 2. The minimum Gasteiger partial charge on any atom is -0.383 e. The Hall–Kier alpha value is -2.07. The molecule has 0 saturated heterocycles. The van der Waals surface area contributed by atoms with Crippen LogP contribution in [0.15, 0.2) is 29.6 Å². The fourth-order valence-electron chi connectivity index (χ4n) is 2.74. The van der Waals surface area contributed by atoms with E-state index >= 15 is 0 Å². The van der Waals surface area contributed by atoms with Crippen molar-refractivity contribution in [2.24, 2.45) is 0 Å². The minimum atomic E-state index is -0.271. The molecule has 0 radical (unpaired) electrons. The van der Waals surface area contributed by atoms with Crippen molar-refractivity contribution in [2.75, 3.05) is 37.9 Å². The Morgan fingerprint density at radius 2 is 2.10 bits per heavy atom. The Morgan fingerprint density at radius 1 is 1.27 bits per heavy atom. The number of fused-ring (bicyclic) bond motifs is 1. The zero-order chi connectivity index (χ0) is 21.5. The maximum Gasteiger partial charge on any atom is 0.252 e. The standard InChI is InChI=1S/C19H22Cl2N6O2S/c1-3-30-19-25-16(22-7-9-29-2)14-11-24-27(17(14)26-19)8-6-23-18(28)13-5-4-12(20)10-15(13)21/h4-5,10-11H,3,6-9H2,1-2H3,(H,23,28)(H,22,25,26). The molecule has 0 aliphatic carbocycles. The van der Waals surface area contributed by atoms with Crippen LogP contribution in [0.3, 0.4) is 0 Å². The molecule has 2 N–H and O–H groups in total. The normalized spacial score (nSPS) is 11.1. The number of rotatable bonds is 10. The third kappa shape index (κ3) is 5.54. The molecular formula is C19H22Cl2N6O2S. The van der Waals surface area contributed by atoms with E-state index in [1.54, 1.807) is 47.9 Å². The summed E-state index contributed by atoms with van der Waals surface area (Å²) >= 11 is 13.5. The Labute approximate surface area is 188 Å². The highest BCUT2D eigenvalue weighted by Crippen LogP contribution is 2.24. The average Bonchev–Trinajstić information content (AvgIpc) is 3.11. The number of nitrogens with zero attached hydrogens (tertiary/aromatic N) is 4. The lowest BCUT2D eigenvalue weighted by Crippen LogP contribution is -2.27. The monoisotopic (exact) mass is 468 g/mol. The van der Waals surface area contributed by atoms with E-state index in [0.717, 1.165) is 17.0 Å². The molecule has 2 heterocycles. The van der Waals surface area contributed by atoms with E-state index in [1.807, 2.05) is 6.92 Å². The van der Waals surface area contributed by atoms with Crippen LogP contribution in [0.4, 0.5) is 5.82 Å². The third-order valence-corrected chi connectivity index (χ3v) is 5.41. The second kappa shape index (κ2) is 10.8. The van der Waals surface area contributed by atoms with Crippen molar-refractivity contribution in [2.45, 2.75) is 18.6 Å². The van der Waals surface area contributed by atoms with Crippen LogP contribution in [0.25, 0.3) is 11.0 Å². The molecule has 0 aliphatic heterocycles. The number of benzene rings is 1. The van der Waals surface area contributed by atoms with Crippen molar-refractivity contribution < 1.29 is 9.53 Å². The van der Waals surface area contributed by atoms with Gasteiger partial charge in [-0.15, -0.1) is 0 Å². The molecule has 0 atom stereocenters. The molecule has 160 valence electrons. The summed E-state index contributed by atoms with van der Waals surface area (Å²) in [6.07, 6.45) is 1.72. The largest absolute Gasteiger partial charge is 0.383 e. The van der Waals surface area contributed by atoms with Gasteiger partial charge in [-0.3, -0.25) is 4.79 Å². The van der Waals surface area contributed by atoms with Crippen molar-refractivity contribution in [1.29, 1.82) is 0 Å². The highest BCUT2D eigenvalue weighted by atomic mass is 35.5. The smallest absolute Gasteiger partial charge is 0.252 e. The average molecular weight is 469 g/mol. The molecule has 3 aromatic rings. The highest BCUT2D eigenvalue weighted by molar-refractivity contribution is 7.99. The fourth-order valence-corrected chi connectivity index (χ4v) is 3.80. The number of nitrogens with one attached hydrogen (secondary N) is 2. The van der Waals surface area contributed by atoms with Gasteiger partial charge >= 0.3 is 0 Å². The van der Waals surface area contributed by atoms with Crippen LogP contribution >= 0.6 is 35.0 Å². The Kier molecular flexibility index (Phi) is 8.15. The highest BCUT2D eigenvalue weighted by Gasteiger charge is 2.14. The van der Waals surface area contributed by atoms with Gasteiger partial charge in [0, 0.05) is 25.2 Å². The predicted molar refractivity (Wildman–Crippen MR) is 121 cm³/mol. The van der Waals surface area contributed by atoms with Gasteiger partial charge in [0.2, 0.25) is 0 Å². The maximum atomic E-state index is 12.4. The van der Waals surface area contributed by atoms with E-state index in [4.69, 9.17) is 27.9 Å². The molecule has 0 saturated carbocycles. The van der Waals surface area contributed by atoms with Gasteiger partial charge in [-0.2, -0.15) is 5.10 Å². The number of hydrogen-bond acceptors (Lipinski definition) is 7. The Bertz CT molecular complexity index is 1030. The maximum absolute atomic E-state index is 12.4. The zero-order valence-corrected chi connectivity index (χ0v) is 18.9. The summed E-state index contributed by atoms with van der Waals surface area (Å²) in [4.78, 5) is 21.6. The third-order valence-electron chi connectivity index (χ3n) is 4.13. The van der Waals surface area contributed by atoms with Crippen LogP contribution in [0.2, 0.25) is 10.0 Å². The van der Waals surface area contributed by atoms with Crippen LogP contribution in [-0.2, 0) is 11.3 Å². The van der Waals surface area contributed by atoms with Gasteiger partial charge in [-0.05, 0) is 24.0 Å². The van der Waals surface area contributed by atoms with E-state index in [1.165, 1.54) is 0 Å². The summed E-state index contributed by atoms with van der Waals surface area (Å²) < 4.78 is 6.85. The molecule has 1 aromatic carbocycles. The van der Waals surface area contributed by atoms with Gasteiger partial charge < -0.3 is 15.4 Å². The van der Waals surface area contributed by atoms with Crippen LogP contribution in [-0.4, -0.2) is 58.2 Å². The second-order valence-corrected chi connectivity index (χ2v) is 8.27. The second-order valence-electron chi connectivity index (χ2n) is 6.19. The van der Waals surface area contributed by atoms with Gasteiger partial charge in [0.15, 0.2) is 10.8 Å². The summed E-state index contributed by atoms with van der Waals surface area (Å²) in [5, 5.41) is 12.8. The lowest BCUT2D eigenvalue weighted by atomic mass is 10.2. The van der Waals surface area contributed by atoms with Gasteiger partial charge in [-0.25, -0.2) is 14.6 Å². The van der Waals surface area contributed by atoms with Gasteiger partial charge in [0.05, 0.1) is 35.3 Å². The first kappa shape index (κ1) is 22.6. The summed E-state index contributed by atoms with van der Waals surface area (Å²) in [7, 11) is 1.65. The number of carbonyl (C=O) groups excluding carboxylic acids is 1. The van der Waals surface area contributed by atoms with Gasteiger partial charge in [-0.1, -0.05) is 41.9 Å². The molecular weight excluding hydrogens is 447 g/mol. The number of anilines is 1. The zero-order valence-electron chi connectivity index (χ0n) is 16.6. The van der Waals surface area contributed by atoms with E-state index in [-0.39, 0.29) is 5.91 Å². The number of aromatic nitrogens is 4. The molecule has 11 heteroatoms. The van der Waals surface area contributed by atoms with E-state index in [0.29, 0.717) is 52.7 Å². The molecule has 0 bridgehead atoms. The Morgan fingerprint density at radius 3 is 2.83 bits per heavy atom. The molecule has 0 unspecified atom stereocenters. The molecule has 0 fully saturated rings. The summed E-state index contributed by atoms with van der Waals surface area (Å²) in [6, 6.07) is 4.77. The molecule has 0 spiro atoms. The SMILES string of the molecule is CCSc1nc(NCCOC)c2cnn(CCNC(=O)c3ccc(Cl)cc3Cl)c2n1. The van der Waals surface area contributed by atoms with Crippen LogP contribution in [0, 0.1) is 0 Å². The molecule has 3 rings (SSSR count).